The smallest absolute Gasteiger partial charge is 0.138 e. The van der Waals surface area contributed by atoms with Gasteiger partial charge >= 0.3 is 0 Å². The second-order valence-corrected chi connectivity index (χ2v) is 4.10. The van der Waals surface area contributed by atoms with E-state index in [1.165, 1.54) is 24.4 Å². The molecule has 1 N–H and O–H groups in total. The number of rotatable bonds is 4. The van der Waals surface area contributed by atoms with Gasteiger partial charge in [-0.3, -0.25) is 4.98 Å². The highest BCUT2D eigenvalue weighted by Crippen LogP contribution is 2.17. The molecule has 94 valence electrons. The molecule has 0 fully saturated rings. The van der Waals surface area contributed by atoms with Crippen LogP contribution in [0.1, 0.15) is 11.3 Å². The Balaban J connectivity index is 2.04. The van der Waals surface area contributed by atoms with Crippen LogP contribution in [0.3, 0.4) is 0 Å². The number of aromatic nitrogens is 1. The van der Waals surface area contributed by atoms with Gasteiger partial charge in [-0.05, 0) is 30.3 Å². The van der Waals surface area contributed by atoms with E-state index in [9.17, 15) is 4.39 Å². The Bertz CT molecular complexity index is 531. The summed E-state index contributed by atoms with van der Waals surface area (Å²) in [5.41, 5.74) is 0.935. The number of benzene rings is 1. The zero-order chi connectivity index (χ0) is 13.0. The molecular formula is C13H11ClFNO2. The Kier molecular flexibility index (Phi) is 4.12. The van der Waals surface area contributed by atoms with E-state index in [1.54, 1.807) is 12.1 Å². The Morgan fingerprint density at radius 2 is 2.11 bits per heavy atom. The van der Waals surface area contributed by atoms with Crippen LogP contribution >= 0.6 is 11.6 Å². The van der Waals surface area contributed by atoms with Crippen LogP contribution in [0.5, 0.6) is 5.75 Å². The maximum absolute atomic E-state index is 13.4. The molecule has 0 spiro atoms. The lowest BCUT2D eigenvalue weighted by Gasteiger charge is -2.07. The first-order valence-corrected chi connectivity index (χ1v) is 5.69. The highest BCUT2D eigenvalue weighted by Gasteiger charge is 2.04. The molecule has 0 atom stereocenters. The first kappa shape index (κ1) is 12.8. The zero-order valence-corrected chi connectivity index (χ0v) is 10.2. The summed E-state index contributed by atoms with van der Waals surface area (Å²) in [5, 5.41) is 9.30. The number of aliphatic hydroxyl groups is 1. The topological polar surface area (TPSA) is 42.4 Å². The van der Waals surface area contributed by atoms with E-state index in [0.717, 1.165) is 0 Å². The van der Waals surface area contributed by atoms with Crippen LogP contribution in [0.25, 0.3) is 0 Å². The number of hydrogen-bond acceptors (Lipinski definition) is 3. The van der Waals surface area contributed by atoms with Crippen LogP contribution in [0.15, 0.2) is 36.5 Å². The minimum absolute atomic E-state index is 0.0759. The van der Waals surface area contributed by atoms with Gasteiger partial charge in [0.05, 0.1) is 18.5 Å². The van der Waals surface area contributed by atoms with Crippen LogP contribution in [0.4, 0.5) is 4.39 Å². The van der Waals surface area contributed by atoms with Gasteiger partial charge in [-0.2, -0.15) is 0 Å². The normalized spacial score (nSPS) is 10.4. The van der Waals surface area contributed by atoms with Gasteiger partial charge in [0.2, 0.25) is 0 Å². The van der Waals surface area contributed by atoms with Crippen molar-refractivity contribution >= 4 is 11.6 Å². The summed E-state index contributed by atoms with van der Waals surface area (Å²) in [6, 6.07) is 7.61. The third-order valence-electron chi connectivity index (χ3n) is 2.36. The van der Waals surface area contributed by atoms with Crippen molar-refractivity contribution in [3.63, 3.8) is 0 Å². The van der Waals surface area contributed by atoms with Gasteiger partial charge in [-0.15, -0.1) is 0 Å². The molecule has 0 saturated carbocycles. The lowest BCUT2D eigenvalue weighted by Crippen LogP contribution is -1.99. The lowest BCUT2D eigenvalue weighted by molar-refractivity contribution is 0.274. The maximum atomic E-state index is 13.4. The monoisotopic (exact) mass is 267 g/mol. The molecule has 2 aromatic rings. The number of ether oxygens (including phenoxy) is 1. The quantitative estimate of drug-likeness (QED) is 0.926. The fraction of sp³-hybridized carbons (Fsp3) is 0.154. The Labute approximate surface area is 109 Å². The summed E-state index contributed by atoms with van der Waals surface area (Å²) in [7, 11) is 0. The summed E-state index contributed by atoms with van der Waals surface area (Å²) in [6.07, 6.45) is 1.48. The number of aliphatic hydroxyl groups excluding tert-OH is 1. The Morgan fingerprint density at radius 3 is 2.78 bits per heavy atom. The highest BCUT2D eigenvalue weighted by atomic mass is 35.5. The minimum atomic E-state index is -0.362. The van der Waals surface area contributed by atoms with Gasteiger partial charge in [0.1, 0.15) is 18.2 Å². The largest absolute Gasteiger partial charge is 0.487 e. The molecule has 0 aliphatic rings. The van der Waals surface area contributed by atoms with Gasteiger partial charge in [-0.25, -0.2) is 4.39 Å². The first-order chi connectivity index (χ1) is 8.69. The number of pyridine rings is 1. The van der Waals surface area contributed by atoms with Crippen molar-refractivity contribution in [3.05, 3.63) is 58.6 Å². The molecule has 0 unspecified atom stereocenters. The van der Waals surface area contributed by atoms with Crippen molar-refractivity contribution < 1.29 is 14.2 Å². The number of hydrogen-bond donors (Lipinski definition) is 1. The molecule has 0 amide bonds. The SMILES string of the molecule is OCc1ccc(OCc2cc(Cl)ccc2F)cn1. The minimum Gasteiger partial charge on any atom is -0.487 e. The van der Waals surface area contributed by atoms with Gasteiger partial charge in [-0.1, -0.05) is 11.6 Å². The summed E-state index contributed by atoms with van der Waals surface area (Å²) in [6.45, 7) is -0.0459. The second-order valence-electron chi connectivity index (χ2n) is 3.67. The van der Waals surface area contributed by atoms with Crippen LogP contribution in [0.2, 0.25) is 5.02 Å². The summed E-state index contributed by atoms with van der Waals surface area (Å²) in [4.78, 5) is 3.95. The Morgan fingerprint density at radius 1 is 1.28 bits per heavy atom. The molecule has 0 aliphatic heterocycles. The number of nitrogens with zero attached hydrogens (tertiary/aromatic N) is 1. The third kappa shape index (κ3) is 3.18. The van der Waals surface area contributed by atoms with E-state index in [4.69, 9.17) is 21.4 Å². The molecule has 0 saturated heterocycles. The van der Waals surface area contributed by atoms with Crippen LogP contribution < -0.4 is 4.74 Å². The molecular weight excluding hydrogens is 257 g/mol. The van der Waals surface area contributed by atoms with E-state index in [-0.39, 0.29) is 19.0 Å². The Hall–Kier alpha value is -1.65. The molecule has 3 nitrogen and oxygen atoms in total. The van der Waals surface area contributed by atoms with Gasteiger partial charge in [0.15, 0.2) is 0 Å². The molecule has 1 aromatic heterocycles. The van der Waals surface area contributed by atoms with Crippen LogP contribution in [-0.4, -0.2) is 10.1 Å². The molecule has 0 aliphatic carbocycles. The van der Waals surface area contributed by atoms with Crippen LogP contribution in [-0.2, 0) is 13.2 Å². The molecule has 1 heterocycles. The van der Waals surface area contributed by atoms with Gasteiger partial charge < -0.3 is 9.84 Å². The molecule has 5 heteroatoms. The average Bonchev–Trinajstić information content (AvgIpc) is 2.40. The predicted molar refractivity (Wildman–Crippen MR) is 65.9 cm³/mol. The maximum Gasteiger partial charge on any atom is 0.138 e. The molecule has 2 rings (SSSR count). The molecule has 0 bridgehead atoms. The van der Waals surface area contributed by atoms with E-state index in [2.05, 4.69) is 4.98 Å². The zero-order valence-electron chi connectivity index (χ0n) is 9.44. The van der Waals surface area contributed by atoms with E-state index < -0.39 is 0 Å². The van der Waals surface area contributed by atoms with Crippen molar-refractivity contribution in [2.45, 2.75) is 13.2 Å². The summed E-state index contributed by atoms with van der Waals surface area (Å²) < 4.78 is 18.8. The van der Waals surface area contributed by atoms with Gasteiger partial charge in [0.25, 0.3) is 0 Å². The first-order valence-electron chi connectivity index (χ1n) is 5.31. The average molecular weight is 268 g/mol. The van der Waals surface area contributed by atoms with Crippen molar-refractivity contribution in [3.8, 4) is 5.75 Å². The van der Waals surface area contributed by atoms with Crippen LogP contribution in [0, 0.1) is 5.82 Å². The molecule has 0 radical (unpaired) electrons. The molecule has 1 aromatic carbocycles. The second kappa shape index (κ2) is 5.80. The van der Waals surface area contributed by atoms with Crippen molar-refractivity contribution in [2.75, 3.05) is 0 Å². The lowest BCUT2D eigenvalue weighted by atomic mass is 10.2. The van der Waals surface area contributed by atoms with E-state index in [1.807, 2.05) is 0 Å². The standard InChI is InChI=1S/C13H11ClFNO2/c14-10-1-4-13(15)9(5-10)8-18-12-3-2-11(7-17)16-6-12/h1-6,17H,7-8H2. The predicted octanol–water partition coefficient (Wildman–Crippen LogP) is 2.95. The fourth-order valence-electron chi connectivity index (χ4n) is 1.40. The fourth-order valence-corrected chi connectivity index (χ4v) is 1.60. The molecule has 18 heavy (non-hydrogen) atoms. The third-order valence-corrected chi connectivity index (χ3v) is 2.60. The van der Waals surface area contributed by atoms with Crippen molar-refractivity contribution in [1.29, 1.82) is 0 Å². The summed E-state index contributed by atoms with van der Waals surface area (Å²) in [5.74, 6) is 0.144. The van der Waals surface area contributed by atoms with Gasteiger partial charge in [0, 0.05) is 10.6 Å². The highest BCUT2D eigenvalue weighted by molar-refractivity contribution is 6.30. The van der Waals surface area contributed by atoms with E-state index >= 15 is 0 Å². The van der Waals surface area contributed by atoms with E-state index in [0.29, 0.717) is 22.0 Å². The van der Waals surface area contributed by atoms with Crippen molar-refractivity contribution in [2.24, 2.45) is 0 Å². The summed E-state index contributed by atoms with van der Waals surface area (Å²) >= 11 is 5.78. The number of halogens is 2. The van der Waals surface area contributed by atoms with Crippen molar-refractivity contribution in [1.82, 2.24) is 4.98 Å².